The first-order chi connectivity index (χ1) is 17.2. The molecule has 0 aliphatic rings. The third kappa shape index (κ3) is 15.2. The summed E-state index contributed by atoms with van der Waals surface area (Å²) in [5.41, 5.74) is 9.36. The second-order valence-electron chi connectivity index (χ2n) is 8.59. The van der Waals surface area contributed by atoms with Gasteiger partial charge in [0, 0.05) is 0 Å². The molecule has 0 fully saturated rings. The van der Waals surface area contributed by atoms with Crippen LogP contribution in [0.2, 0.25) is 0 Å². The number of hydrogen-bond acceptors (Lipinski definition) is 0. The predicted molar refractivity (Wildman–Crippen MR) is 172 cm³/mol. The molecule has 0 unspecified atom stereocenters. The molecule has 0 spiro atoms. The third-order valence-corrected chi connectivity index (χ3v) is 5.07. The summed E-state index contributed by atoms with van der Waals surface area (Å²) in [6.45, 7) is 23.3. The van der Waals surface area contributed by atoms with Gasteiger partial charge in [-0.1, -0.05) is 170 Å². The first-order valence-electron chi connectivity index (χ1n) is 12.1. The fourth-order valence-electron chi connectivity index (χ4n) is 2.89. The van der Waals surface area contributed by atoms with E-state index in [1.54, 1.807) is 0 Å². The van der Waals surface area contributed by atoms with Gasteiger partial charge in [0.05, 0.1) is 0 Å². The molecule has 0 radical (unpaired) electrons. The molecule has 186 valence electrons. The van der Waals surface area contributed by atoms with Crippen molar-refractivity contribution in [3.05, 3.63) is 170 Å². The molecule has 0 aromatic heterocycles. The van der Waals surface area contributed by atoms with Crippen LogP contribution in [-0.2, 0) is 0 Å². The van der Waals surface area contributed by atoms with Crippen molar-refractivity contribution in [2.45, 2.75) is 27.7 Å². The molecule has 0 saturated carbocycles. The Morgan fingerprint density at radius 3 is 0.541 bits per heavy atom. The van der Waals surface area contributed by atoms with Gasteiger partial charge in [-0.3, -0.25) is 0 Å². The van der Waals surface area contributed by atoms with Crippen molar-refractivity contribution < 1.29 is 0 Å². The van der Waals surface area contributed by atoms with Crippen molar-refractivity contribution in [2.24, 2.45) is 0 Å². The monoisotopic (exact) mass is 480 g/mol. The molecule has 4 aromatic rings. The SMILES string of the molecule is C=C(C)c1ccccc1.C=C(C)c1ccccc1.C=C(C)c1ccccc1.C=C(C)c1ccccc1.[LiH]. The van der Waals surface area contributed by atoms with E-state index < -0.39 is 0 Å². The van der Waals surface area contributed by atoms with Gasteiger partial charge in [-0.05, 0) is 49.9 Å². The van der Waals surface area contributed by atoms with Crippen LogP contribution in [-0.4, -0.2) is 18.9 Å². The van der Waals surface area contributed by atoms with Crippen molar-refractivity contribution in [1.29, 1.82) is 0 Å². The molecule has 0 nitrogen and oxygen atoms in total. The molecule has 4 aromatic carbocycles. The Bertz CT molecular complexity index is 991. The van der Waals surface area contributed by atoms with Crippen molar-refractivity contribution in [2.75, 3.05) is 0 Å². The van der Waals surface area contributed by atoms with E-state index in [9.17, 15) is 0 Å². The Morgan fingerprint density at radius 1 is 0.324 bits per heavy atom. The van der Waals surface area contributed by atoms with Crippen molar-refractivity contribution in [1.82, 2.24) is 0 Å². The molecule has 0 aliphatic heterocycles. The Kier molecular flexibility index (Phi) is 17.7. The first kappa shape index (κ1) is 33.4. The van der Waals surface area contributed by atoms with Gasteiger partial charge in [-0.2, -0.15) is 0 Å². The maximum absolute atomic E-state index is 3.83. The first-order valence-corrected chi connectivity index (χ1v) is 12.1. The molecule has 1 heteroatoms. The zero-order chi connectivity index (χ0) is 26.8. The summed E-state index contributed by atoms with van der Waals surface area (Å²) >= 11 is 0. The van der Waals surface area contributed by atoms with Gasteiger partial charge in [0.15, 0.2) is 0 Å². The molecule has 0 saturated heterocycles. The zero-order valence-electron chi connectivity index (χ0n) is 22.4. The second-order valence-corrected chi connectivity index (χ2v) is 8.59. The summed E-state index contributed by atoms with van der Waals surface area (Å²) in [4.78, 5) is 0. The average Bonchev–Trinajstić information content (AvgIpc) is 2.92. The molecule has 37 heavy (non-hydrogen) atoms. The van der Waals surface area contributed by atoms with Crippen LogP contribution < -0.4 is 0 Å². The van der Waals surface area contributed by atoms with Crippen LogP contribution in [0.25, 0.3) is 22.3 Å². The van der Waals surface area contributed by atoms with Crippen LogP contribution in [0, 0.1) is 0 Å². The molecular formula is C36H41Li. The maximum atomic E-state index is 3.83. The van der Waals surface area contributed by atoms with Gasteiger partial charge in [0.2, 0.25) is 0 Å². The van der Waals surface area contributed by atoms with E-state index >= 15 is 0 Å². The summed E-state index contributed by atoms with van der Waals surface area (Å²) in [7, 11) is 0. The van der Waals surface area contributed by atoms with Crippen molar-refractivity contribution >= 4 is 41.2 Å². The molecule has 0 aliphatic carbocycles. The standard InChI is InChI=1S/4C9H10.Li.H/c4*1-8(2)9-6-4-3-5-7-9;;/h4*3-7H,1H2,2H3;;. The second kappa shape index (κ2) is 19.6. The molecule has 0 amide bonds. The normalized spacial score (nSPS) is 8.76. The van der Waals surface area contributed by atoms with Crippen LogP contribution >= 0.6 is 0 Å². The van der Waals surface area contributed by atoms with E-state index in [1.807, 2.05) is 100 Å². The van der Waals surface area contributed by atoms with Gasteiger partial charge in [-0.25, -0.2) is 0 Å². The third-order valence-electron chi connectivity index (χ3n) is 5.07. The van der Waals surface area contributed by atoms with E-state index in [4.69, 9.17) is 0 Å². The summed E-state index contributed by atoms with van der Waals surface area (Å²) in [6.07, 6.45) is 0. The van der Waals surface area contributed by atoms with Crippen molar-refractivity contribution in [3.63, 3.8) is 0 Å². The summed E-state index contributed by atoms with van der Waals surface area (Å²) < 4.78 is 0. The molecule has 0 heterocycles. The summed E-state index contributed by atoms with van der Waals surface area (Å²) in [5, 5.41) is 0. The van der Waals surface area contributed by atoms with E-state index in [1.165, 1.54) is 22.3 Å². The molecule has 0 N–H and O–H groups in total. The number of allylic oxidation sites excluding steroid dienone is 4. The van der Waals surface area contributed by atoms with Gasteiger partial charge in [-0.15, -0.1) is 0 Å². The van der Waals surface area contributed by atoms with E-state index in [-0.39, 0.29) is 18.9 Å². The van der Waals surface area contributed by atoms with Crippen LogP contribution in [0.3, 0.4) is 0 Å². The van der Waals surface area contributed by atoms with Gasteiger partial charge in [0.1, 0.15) is 0 Å². The molecule has 0 atom stereocenters. The van der Waals surface area contributed by atoms with Crippen LogP contribution in [0.15, 0.2) is 148 Å². The van der Waals surface area contributed by atoms with Gasteiger partial charge in [0.25, 0.3) is 0 Å². The van der Waals surface area contributed by atoms with E-state index in [0.29, 0.717) is 0 Å². The number of hydrogen-bond donors (Lipinski definition) is 0. The van der Waals surface area contributed by atoms with E-state index in [2.05, 4.69) is 74.8 Å². The Hall–Kier alpha value is -3.56. The molecule has 0 bridgehead atoms. The molecule has 4 rings (SSSR count). The van der Waals surface area contributed by atoms with Crippen LogP contribution in [0.1, 0.15) is 49.9 Å². The molecular weight excluding hydrogens is 439 g/mol. The van der Waals surface area contributed by atoms with Crippen molar-refractivity contribution in [3.8, 4) is 0 Å². The minimum atomic E-state index is 0. The topological polar surface area (TPSA) is 0 Å². The quantitative estimate of drug-likeness (QED) is 0.255. The predicted octanol–water partition coefficient (Wildman–Crippen LogP) is 10.2. The van der Waals surface area contributed by atoms with Crippen LogP contribution in [0.5, 0.6) is 0 Å². The Morgan fingerprint density at radius 2 is 0.459 bits per heavy atom. The Labute approximate surface area is 238 Å². The fraction of sp³-hybridized carbons (Fsp3) is 0.111. The summed E-state index contributed by atoms with van der Waals surface area (Å²) in [6, 6.07) is 40.6. The number of rotatable bonds is 4. The average molecular weight is 481 g/mol. The number of benzene rings is 4. The fourth-order valence-corrected chi connectivity index (χ4v) is 2.89. The minimum absolute atomic E-state index is 0. The van der Waals surface area contributed by atoms with Gasteiger partial charge >= 0.3 is 18.9 Å². The van der Waals surface area contributed by atoms with Gasteiger partial charge < -0.3 is 0 Å². The zero-order valence-corrected chi connectivity index (χ0v) is 22.4. The Balaban J connectivity index is 0.000000463. The summed E-state index contributed by atoms with van der Waals surface area (Å²) in [5.74, 6) is 0. The van der Waals surface area contributed by atoms with E-state index in [0.717, 1.165) is 22.3 Å². The van der Waals surface area contributed by atoms with Crippen LogP contribution in [0.4, 0.5) is 0 Å².